The summed E-state index contributed by atoms with van der Waals surface area (Å²) in [5, 5.41) is 9.59. The Labute approximate surface area is 300 Å². The standard InChI is InChI=1S/C39H47ClN6O4/c1-37(2,3)50-36(48)45-21-27-16-28(45)20-44(27)26-13-9-23(10-14-26)8-12-25-19-42-32-31(43-25)22-46(33(32)47)34-38(4,5)35(39(34,6)7)49-29-15-11-24(18-41)30(40)17-29/h11,15,17,19,23,26-28,34-35H,9-10,13-14,16,20-22H2,1-7H3. The Morgan fingerprint density at radius 3 is 2.38 bits per heavy atom. The Hall–Kier alpha value is -3.86. The van der Waals surface area contributed by atoms with Crippen LogP contribution in [0.2, 0.25) is 5.02 Å². The second-order valence-electron chi connectivity index (χ2n) is 16.9. The van der Waals surface area contributed by atoms with Crippen molar-refractivity contribution in [1.82, 2.24) is 24.7 Å². The Morgan fingerprint density at radius 2 is 1.76 bits per heavy atom. The number of ether oxygens (including phenoxy) is 2. The van der Waals surface area contributed by atoms with E-state index in [-0.39, 0.29) is 41.0 Å². The second kappa shape index (κ2) is 12.4. The molecule has 4 fully saturated rings. The van der Waals surface area contributed by atoms with Crippen molar-refractivity contribution in [3.8, 4) is 23.7 Å². The van der Waals surface area contributed by atoms with Gasteiger partial charge in [-0.3, -0.25) is 9.69 Å². The molecule has 1 aromatic heterocycles. The van der Waals surface area contributed by atoms with Gasteiger partial charge in [0.15, 0.2) is 5.69 Å². The number of halogens is 1. The SMILES string of the molecule is CC(C)(C)OC(=O)N1CC2CC1CN2C1CCC(C#Cc2cnc3c(n2)CN(C2C(C)(C)C(Oc4ccc(C#N)c(Cl)c4)C2(C)C)C3=O)CC1. The summed E-state index contributed by atoms with van der Waals surface area (Å²) in [6.45, 7) is 16.3. The number of hydrogen-bond donors (Lipinski definition) is 0. The number of fused-ring (bicyclic) bond motifs is 3. The van der Waals surface area contributed by atoms with Gasteiger partial charge in [-0.15, -0.1) is 0 Å². The lowest BCUT2D eigenvalue weighted by atomic mass is 9.49. The molecule has 2 atom stereocenters. The minimum Gasteiger partial charge on any atom is -0.489 e. The number of amides is 2. The van der Waals surface area contributed by atoms with Crippen molar-refractivity contribution in [1.29, 1.82) is 5.26 Å². The van der Waals surface area contributed by atoms with Crippen LogP contribution in [0.5, 0.6) is 5.75 Å². The van der Waals surface area contributed by atoms with Gasteiger partial charge in [-0.1, -0.05) is 45.2 Å². The van der Waals surface area contributed by atoms with E-state index in [1.54, 1.807) is 24.4 Å². The predicted molar refractivity (Wildman–Crippen MR) is 188 cm³/mol. The number of nitriles is 1. The molecule has 2 amide bonds. The zero-order chi connectivity index (χ0) is 35.7. The van der Waals surface area contributed by atoms with Crippen LogP contribution in [0.25, 0.3) is 0 Å². The van der Waals surface area contributed by atoms with Crippen LogP contribution < -0.4 is 4.74 Å². The molecular formula is C39H47ClN6O4. The van der Waals surface area contributed by atoms with Crippen LogP contribution >= 0.6 is 11.6 Å². The molecule has 2 saturated carbocycles. The first-order valence-electron chi connectivity index (χ1n) is 17.9. The lowest BCUT2D eigenvalue weighted by molar-refractivity contribution is -0.199. The molecule has 0 spiro atoms. The zero-order valence-corrected chi connectivity index (χ0v) is 30.9. The molecule has 2 unspecified atom stereocenters. The van der Waals surface area contributed by atoms with Crippen molar-refractivity contribution in [2.24, 2.45) is 16.7 Å². The number of hydrogen-bond acceptors (Lipinski definition) is 8. The smallest absolute Gasteiger partial charge is 0.410 e. The number of aromatic nitrogens is 2. The summed E-state index contributed by atoms with van der Waals surface area (Å²) in [6.07, 6.45) is 6.57. The number of rotatable bonds is 4. The molecule has 7 rings (SSSR count). The number of piperazine rings is 1. The van der Waals surface area contributed by atoms with Crippen molar-refractivity contribution in [2.45, 2.75) is 123 Å². The molecule has 264 valence electrons. The molecule has 3 aliphatic heterocycles. The van der Waals surface area contributed by atoms with Crippen LogP contribution in [0.15, 0.2) is 24.4 Å². The molecule has 50 heavy (non-hydrogen) atoms. The van der Waals surface area contributed by atoms with Gasteiger partial charge in [0.25, 0.3) is 5.91 Å². The van der Waals surface area contributed by atoms with Gasteiger partial charge in [0.05, 0.1) is 29.0 Å². The maximum absolute atomic E-state index is 13.7. The predicted octanol–water partition coefficient (Wildman–Crippen LogP) is 6.44. The van der Waals surface area contributed by atoms with Gasteiger partial charge < -0.3 is 19.3 Å². The van der Waals surface area contributed by atoms with E-state index in [4.69, 9.17) is 26.1 Å². The number of likely N-dealkylation sites (tertiary alicyclic amines) is 2. The molecule has 2 bridgehead atoms. The summed E-state index contributed by atoms with van der Waals surface area (Å²) >= 11 is 6.27. The minimum absolute atomic E-state index is 0.103. The highest BCUT2D eigenvalue weighted by Crippen LogP contribution is 2.59. The highest BCUT2D eigenvalue weighted by atomic mass is 35.5. The van der Waals surface area contributed by atoms with Crippen LogP contribution in [0.1, 0.15) is 108 Å². The van der Waals surface area contributed by atoms with E-state index in [0.29, 0.717) is 58.0 Å². The largest absolute Gasteiger partial charge is 0.489 e. The summed E-state index contributed by atoms with van der Waals surface area (Å²) in [5.74, 6) is 7.55. The van der Waals surface area contributed by atoms with Crippen molar-refractivity contribution < 1.29 is 19.1 Å². The fraction of sp³-hybridized carbons (Fsp3) is 0.615. The summed E-state index contributed by atoms with van der Waals surface area (Å²) in [5.41, 5.74) is 0.869. The molecule has 2 aromatic rings. The fourth-order valence-corrected chi connectivity index (χ4v) is 10.00. The molecule has 10 nitrogen and oxygen atoms in total. The third-order valence-corrected chi connectivity index (χ3v) is 11.8. The molecular weight excluding hydrogens is 652 g/mol. The average molecular weight is 699 g/mol. The number of carbonyl (C=O) groups is 2. The summed E-state index contributed by atoms with van der Waals surface area (Å²) in [4.78, 5) is 42.2. The van der Waals surface area contributed by atoms with Crippen LogP contribution in [0.3, 0.4) is 0 Å². The fourth-order valence-electron chi connectivity index (χ4n) is 9.78. The maximum atomic E-state index is 13.7. The van der Waals surface area contributed by atoms with Crippen molar-refractivity contribution in [3.05, 3.63) is 52.1 Å². The first-order chi connectivity index (χ1) is 23.6. The Kier molecular flexibility index (Phi) is 8.59. The molecule has 2 saturated heterocycles. The summed E-state index contributed by atoms with van der Waals surface area (Å²) in [7, 11) is 0. The Morgan fingerprint density at radius 1 is 1.04 bits per heavy atom. The van der Waals surface area contributed by atoms with Crippen LogP contribution in [0, 0.1) is 39.9 Å². The molecule has 1 aromatic carbocycles. The third kappa shape index (κ3) is 6.09. The molecule has 5 aliphatic rings. The quantitative estimate of drug-likeness (QED) is 0.336. The zero-order valence-electron chi connectivity index (χ0n) is 30.1. The minimum atomic E-state index is -0.475. The van der Waals surface area contributed by atoms with Crippen LogP contribution in [-0.2, 0) is 11.3 Å². The lowest BCUT2D eigenvalue weighted by Gasteiger charge is -2.65. The monoisotopic (exact) mass is 698 g/mol. The lowest BCUT2D eigenvalue weighted by Crippen LogP contribution is -2.74. The van der Waals surface area contributed by atoms with E-state index in [1.807, 2.05) is 30.6 Å². The normalized spacial score (nSPS) is 29.5. The first kappa shape index (κ1) is 34.6. The highest BCUT2D eigenvalue weighted by molar-refractivity contribution is 6.31. The topological polar surface area (TPSA) is 112 Å². The molecule has 11 heteroatoms. The molecule has 4 heterocycles. The number of carbonyl (C=O) groups excluding carboxylic acids is 2. The van der Waals surface area contributed by atoms with Gasteiger partial charge in [-0.2, -0.15) is 5.26 Å². The van der Waals surface area contributed by atoms with E-state index in [9.17, 15) is 14.9 Å². The summed E-state index contributed by atoms with van der Waals surface area (Å²) in [6, 6.07) is 8.29. The Bertz CT molecular complexity index is 1790. The van der Waals surface area contributed by atoms with Crippen LogP contribution in [-0.4, -0.2) is 85.6 Å². The first-order valence-corrected chi connectivity index (χ1v) is 18.2. The maximum Gasteiger partial charge on any atom is 0.410 e. The van der Waals surface area contributed by atoms with E-state index in [2.05, 4.69) is 55.5 Å². The van der Waals surface area contributed by atoms with Gasteiger partial charge in [-0.05, 0) is 70.9 Å². The van der Waals surface area contributed by atoms with Gasteiger partial charge in [-0.25, -0.2) is 14.8 Å². The second-order valence-corrected chi connectivity index (χ2v) is 17.3. The van der Waals surface area contributed by atoms with Crippen molar-refractivity contribution in [3.63, 3.8) is 0 Å². The van der Waals surface area contributed by atoms with Crippen molar-refractivity contribution in [2.75, 3.05) is 13.1 Å². The highest BCUT2D eigenvalue weighted by Gasteiger charge is 2.67. The van der Waals surface area contributed by atoms with E-state index in [1.165, 1.54) is 0 Å². The molecule has 2 aliphatic carbocycles. The van der Waals surface area contributed by atoms with Crippen LogP contribution in [0.4, 0.5) is 4.79 Å². The van der Waals surface area contributed by atoms with E-state index >= 15 is 0 Å². The Balaban J connectivity index is 0.944. The molecule has 0 N–H and O–H groups in total. The van der Waals surface area contributed by atoms with Gasteiger partial charge in [0.1, 0.15) is 29.2 Å². The number of benzene rings is 1. The van der Waals surface area contributed by atoms with Crippen molar-refractivity contribution >= 4 is 23.6 Å². The summed E-state index contributed by atoms with van der Waals surface area (Å²) < 4.78 is 12.1. The third-order valence-electron chi connectivity index (χ3n) is 11.5. The van der Waals surface area contributed by atoms with E-state index in [0.717, 1.165) is 45.2 Å². The van der Waals surface area contributed by atoms with Gasteiger partial charge in [0, 0.05) is 60.1 Å². The van der Waals surface area contributed by atoms with E-state index < -0.39 is 5.60 Å². The number of nitrogens with zero attached hydrogens (tertiary/aromatic N) is 6. The van der Waals surface area contributed by atoms with Gasteiger partial charge in [0.2, 0.25) is 0 Å². The van der Waals surface area contributed by atoms with Gasteiger partial charge >= 0.3 is 6.09 Å². The molecule has 0 radical (unpaired) electrons. The average Bonchev–Trinajstić information content (AvgIpc) is 3.75.